The summed E-state index contributed by atoms with van der Waals surface area (Å²) in [6.07, 6.45) is 0. The van der Waals surface area contributed by atoms with Crippen molar-refractivity contribution in [3.63, 3.8) is 0 Å². The minimum atomic E-state index is -0.523. The van der Waals surface area contributed by atoms with E-state index >= 15 is 0 Å². The summed E-state index contributed by atoms with van der Waals surface area (Å²) in [6, 6.07) is 9.37. The van der Waals surface area contributed by atoms with Gasteiger partial charge in [0, 0.05) is 17.2 Å². The Morgan fingerprint density at radius 3 is 2.65 bits per heavy atom. The van der Waals surface area contributed by atoms with Gasteiger partial charge in [0.1, 0.15) is 5.82 Å². The molecule has 26 heavy (non-hydrogen) atoms. The summed E-state index contributed by atoms with van der Waals surface area (Å²) in [5.74, 6) is -0.405. The normalized spacial score (nSPS) is 11.6. The van der Waals surface area contributed by atoms with Crippen LogP contribution in [-0.4, -0.2) is 14.7 Å². The van der Waals surface area contributed by atoms with Gasteiger partial charge in [0.05, 0.1) is 10.5 Å². The molecule has 2 aromatic carbocycles. The van der Waals surface area contributed by atoms with Crippen molar-refractivity contribution in [2.75, 3.05) is 0 Å². The highest BCUT2D eigenvalue weighted by molar-refractivity contribution is 6.31. The van der Waals surface area contributed by atoms with Crippen LogP contribution in [0, 0.1) is 5.82 Å². The maximum Gasteiger partial charge on any atom is 0.420 e. The summed E-state index contributed by atoms with van der Waals surface area (Å²) in [4.78, 5) is 16.3. The molecule has 8 heteroatoms. The van der Waals surface area contributed by atoms with E-state index in [1.165, 1.54) is 18.2 Å². The lowest BCUT2D eigenvalue weighted by Gasteiger charge is -2.04. The van der Waals surface area contributed by atoms with Gasteiger partial charge in [0.25, 0.3) is 5.89 Å². The molecule has 0 unspecified atom stereocenters. The minimum absolute atomic E-state index is 0.0189. The van der Waals surface area contributed by atoms with Crippen LogP contribution < -0.4 is 5.76 Å². The smallest absolute Gasteiger partial charge is 0.408 e. The number of oxazole rings is 1. The van der Waals surface area contributed by atoms with Crippen molar-refractivity contribution < 1.29 is 13.3 Å². The molecule has 0 spiro atoms. The first-order valence-corrected chi connectivity index (χ1v) is 8.26. The zero-order chi connectivity index (χ0) is 18.4. The Morgan fingerprint density at radius 1 is 1.15 bits per heavy atom. The number of aromatic nitrogens is 3. The van der Waals surface area contributed by atoms with Crippen LogP contribution in [0.4, 0.5) is 4.39 Å². The fraction of sp³-hybridized carbons (Fsp3) is 0.167. The van der Waals surface area contributed by atoms with Crippen LogP contribution in [0.15, 0.2) is 50.1 Å². The van der Waals surface area contributed by atoms with Crippen molar-refractivity contribution in [3.05, 3.63) is 57.8 Å². The molecule has 132 valence electrons. The fourth-order valence-electron chi connectivity index (χ4n) is 2.75. The van der Waals surface area contributed by atoms with E-state index in [2.05, 4.69) is 10.1 Å². The van der Waals surface area contributed by atoms with Crippen molar-refractivity contribution in [1.29, 1.82) is 0 Å². The quantitative estimate of drug-likeness (QED) is 0.521. The number of benzene rings is 2. The van der Waals surface area contributed by atoms with Crippen molar-refractivity contribution in [1.82, 2.24) is 14.7 Å². The minimum Gasteiger partial charge on any atom is -0.408 e. The van der Waals surface area contributed by atoms with E-state index in [9.17, 15) is 9.18 Å². The third-order valence-corrected chi connectivity index (χ3v) is 4.27. The summed E-state index contributed by atoms with van der Waals surface area (Å²) in [5, 5.41) is 3.91. The van der Waals surface area contributed by atoms with Gasteiger partial charge >= 0.3 is 5.76 Å². The fourth-order valence-corrected chi connectivity index (χ4v) is 2.93. The number of halogens is 2. The largest absolute Gasteiger partial charge is 0.420 e. The van der Waals surface area contributed by atoms with Crippen molar-refractivity contribution in [2.45, 2.75) is 19.9 Å². The van der Waals surface area contributed by atoms with E-state index in [4.69, 9.17) is 20.5 Å². The van der Waals surface area contributed by atoms with Crippen LogP contribution in [-0.2, 0) is 0 Å². The Kier molecular flexibility index (Phi) is 3.88. The first-order valence-electron chi connectivity index (χ1n) is 7.88. The maximum absolute atomic E-state index is 13.3. The number of hydrogen-bond donors (Lipinski definition) is 0. The van der Waals surface area contributed by atoms with Gasteiger partial charge in [-0.05, 0) is 50.2 Å². The molecular weight excluding hydrogens is 361 g/mol. The summed E-state index contributed by atoms with van der Waals surface area (Å²) >= 11 is 5.79. The molecule has 2 heterocycles. The second-order valence-corrected chi connectivity index (χ2v) is 6.47. The lowest BCUT2D eigenvalue weighted by Crippen LogP contribution is -2.15. The van der Waals surface area contributed by atoms with Gasteiger partial charge in [-0.3, -0.25) is 4.57 Å². The van der Waals surface area contributed by atoms with Crippen LogP contribution in [0.3, 0.4) is 0 Å². The Labute approximate surface area is 151 Å². The molecule has 6 nitrogen and oxygen atoms in total. The first-order chi connectivity index (χ1) is 12.4. The summed E-state index contributed by atoms with van der Waals surface area (Å²) in [5.41, 5.74) is 2.28. The number of hydrogen-bond acceptors (Lipinski definition) is 5. The average Bonchev–Trinajstić information content (AvgIpc) is 3.20. The zero-order valence-electron chi connectivity index (χ0n) is 13.9. The Balaban J connectivity index is 1.75. The number of rotatable bonds is 3. The Hall–Kier alpha value is -2.93. The molecule has 2 aromatic heterocycles. The van der Waals surface area contributed by atoms with Gasteiger partial charge in [-0.25, -0.2) is 9.18 Å². The lowest BCUT2D eigenvalue weighted by molar-refractivity contribution is 0.432. The molecule has 0 saturated carbocycles. The maximum atomic E-state index is 13.3. The molecule has 0 aliphatic carbocycles. The summed E-state index contributed by atoms with van der Waals surface area (Å²) < 4.78 is 25.4. The summed E-state index contributed by atoms with van der Waals surface area (Å²) in [7, 11) is 0. The molecule has 0 radical (unpaired) electrons. The Bertz CT molecular complexity index is 1180. The van der Waals surface area contributed by atoms with Gasteiger partial charge in [0.2, 0.25) is 5.82 Å². The summed E-state index contributed by atoms with van der Waals surface area (Å²) in [6.45, 7) is 3.81. The molecule has 0 aliphatic heterocycles. The van der Waals surface area contributed by atoms with Gasteiger partial charge < -0.3 is 8.94 Å². The predicted molar refractivity (Wildman–Crippen MR) is 94.6 cm³/mol. The average molecular weight is 374 g/mol. The van der Waals surface area contributed by atoms with Crippen LogP contribution in [0.1, 0.15) is 19.9 Å². The van der Waals surface area contributed by atoms with E-state index in [0.29, 0.717) is 28.1 Å². The molecule has 0 amide bonds. The van der Waals surface area contributed by atoms with Gasteiger partial charge in [-0.2, -0.15) is 4.98 Å². The Morgan fingerprint density at radius 2 is 1.92 bits per heavy atom. The lowest BCUT2D eigenvalue weighted by atomic mass is 10.2. The third kappa shape index (κ3) is 2.70. The number of nitrogens with zero attached hydrogens (tertiary/aromatic N) is 3. The van der Waals surface area contributed by atoms with Gasteiger partial charge in [-0.15, -0.1) is 0 Å². The van der Waals surface area contributed by atoms with Crippen molar-refractivity contribution >= 4 is 22.7 Å². The molecular formula is C18H13ClFN3O3. The second-order valence-electron chi connectivity index (χ2n) is 6.07. The predicted octanol–water partition coefficient (Wildman–Crippen LogP) is 4.68. The van der Waals surface area contributed by atoms with E-state index in [1.54, 1.807) is 22.8 Å². The molecule has 4 rings (SSSR count). The number of fused-ring (bicyclic) bond motifs is 1. The molecule has 0 bridgehead atoms. The van der Waals surface area contributed by atoms with Crippen LogP contribution in [0.25, 0.3) is 33.9 Å². The molecule has 4 aromatic rings. The van der Waals surface area contributed by atoms with Crippen molar-refractivity contribution in [2.24, 2.45) is 0 Å². The van der Waals surface area contributed by atoms with Gasteiger partial charge in [0.15, 0.2) is 5.58 Å². The molecule has 0 saturated heterocycles. The van der Waals surface area contributed by atoms with Gasteiger partial charge in [-0.1, -0.05) is 16.8 Å². The zero-order valence-corrected chi connectivity index (χ0v) is 14.6. The first kappa shape index (κ1) is 16.5. The highest BCUT2D eigenvalue weighted by atomic mass is 35.5. The van der Waals surface area contributed by atoms with Crippen LogP contribution >= 0.6 is 11.6 Å². The molecule has 0 N–H and O–H groups in total. The standard InChI is InChI=1S/C18H13ClFN3O3/c1-9(2)23-14-6-4-10(8-15(14)25-18(23)24)16-21-17(26-22-16)11-3-5-13(20)12(19)7-11/h3-9H,1-2H3. The van der Waals surface area contributed by atoms with E-state index in [1.807, 2.05) is 13.8 Å². The monoisotopic (exact) mass is 373 g/mol. The molecule has 0 fully saturated rings. The van der Waals surface area contributed by atoms with E-state index < -0.39 is 11.6 Å². The van der Waals surface area contributed by atoms with Crippen LogP contribution in [0.5, 0.6) is 0 Å². The van der Waals surface area contributed by atoms with E-state index in [-0.39, 0.29) is 17.0 Å². The van der Waals surface area contributed by atoms with Crippen LogP contribution in [0.2, 0.25) is 5.02 Å². The topological polar surface area (TPSA) is 74.1 Å². The van der Waals surface area contributed by atoms with Crippen molar-refractivity contribution in [3.8, 4) is 22.8 Å². The second kappa shape index (κ2) is 6.10. The third-order valence-electron chi connectivity index (χ3n) is 3.98. The highest BCUT2D eigenvalue weighted by Crippen LogP contribution is 2.27. The highest BCUT2D eigenvalue weighted by Gasteiger charge is 2.16. The molecule has 0 aliphatic rings. The molecule has 0 atom stereocenters. The SMILES string of the molecule is CC(C)n1c(=O)oc2cc(-c3noc(-c4ccc(F)c(Cl)c4)n3)ccc21. The van der Waals surface area contributed by atoms with E-state index in [0.717, 1.165) is 0 Å².